The van der Waals surface area contributed by atoms with Crippen molar-refractivity contribution >= 4 is 23.4 Å². The van der Waals surface area contributed by atoms with Crippen LogP contribution in [0.5, 0.6) is 0 Å². The van der Waals surface area contributed by atoms with E-state index in [0.29, 0.717) is 0 Å². The largest absolute Gasteiger partial charge is 0.468 e. The second-order valence-corrected chi connectivity index (χ2v) is 2.19. The van der Waals surface area contributed by atoms with Gasteiger partial charge in [-0.25, -0.2) is 4.79 Å². The Morgan fingerprint density at radius 1 is 2.00 bits per heavy atom. The summed E-state index contributed by atoms with van der Waals surface area (Å²) in [5.41, 5.74) is 0. The lowest BCUT2D eigenvalue weighted by atomic mass is 10.3. The van der Waals surface area contributed by atoms with E-state index < -0.39 is 6.04 Å². The van der Waals surface area contributed by atoms with Crippen molar-refractivity contribution < 1.29 is 14.3 Å². The maximum atomic E-state index is 10.7. The molecule has 0 aromatic heterocycles. The highest BCUT2D eigenvalue weighted by molar-refractivity contribution is 7.80. The van der Waals surface area contributed by atoms with E-state index in [9.17, 15) is 4.79 Å². The molecule has 56 valence electrons. The minimum absolute atomic E-state index is 0.260. The zero-order valence-corrected chi connectivity index (χ0v) is 6.23. The van der Waals surface area contributed by atoms with Gasteiger partial charge in [0.25, 0.3) is 5.17 Å². The van der Waals surface area contributed by atoms with Crippen molar-refractivity contribution in [1.29, 1.82) is 0 Å². The predicted molar refractivity (Wildman–Crippen MR) is 37.5 cm³/mol. The van der Waals surface area contributed by atoms with Gasteiger partial charge >= 0.3 is 5.97 Å². The van der Waals surface area contributed by atoms with E-state index in [-0.39, 0.29) is 17.8 Å². The van der Waals surface area contributed by atoms with Crippen LogP contribution in [0.2, 0.25) is 0 Å². The van der Waals surface area contributed by atoms with E-state index in [1.165, 1.54) is 7.11 Å². The van der Waals surface area contributed by atoms with Crippen molar-refractivity contribution in [3.05, 3.63) is 0 Å². The SMILES string of the molecule is COC(=O)[C@@H]1COC(=S)N1. The average molecular weight is 161 g/mol. The van der Waals surface area contributed by atoms with Gasteiger partial charge in [0.2, 0.25) is 0 Å². The molecule has 5 heteroatoms. The number of nitrogens with one attached hydrogen (secondary N) is 1. The third-order valence-electron chi connectivity index (χ3n) is 1.16. The molecule has 1 fully saturated rings. The molecule has 0 aliphatic carbocycles. The Morgan fingerprint density at radius 2 is 2.70 bits per heavy atom. The lowest BCUT2D eigenvalue weighted by Gasteiger charge is -2.02. The molecular formula is C5H7NO3S. The van der Waals surface area contributed by atoms with Crippen molar-refractivity contribution in [3.63, 3.8) is 0 Å². The Hall–Kier alpha value is -0.840. The quantitative estimate of drug-likeness (QED) is 0.412. The number of hydrogen-bond donors (Lipinski definition) is 1. The monoisotopic (exact) mass is 161 g/mol. The van der Waals surface area contributed by atoms with Gasteiger partial charge in [0, 0.05) is 0 Å². The molecule has 1 heterocycles. The molecular weight excluding hydrogens is 154 g/mol. The van der Waals surface area contributed by atoms with E-state index in [4.69, 9.17) is 4.74 Å². The van der Waals surface area contributed by atoms with Crippen LogP contribution in [0.15, 0.2) is 0 Å². The molecule has 0 spiro atoms. The predicted octanol–water partition coefficient (Wildman–Crippen LogP) is -0.567. The van der Waals surface area contributed by atoms with Crippen LogP contribution in [-0.4, -0.2) is 30.9 Å². The fraction of sp³-hybridized carbons (Fsp3) is 0.600. The van der Waals surface area contributed by atoms with Gasteiger partial charge in [0.1, 0.15) is 6.61 Å². The second kappa shape index (κ2) is 2.83. The van der Waals surface area contributed by atoms with Gasteiger partial charge in [-0.2, -0.15) is 0 Å². The molecule has 0 aromatic carbocycles. The number of hydrogen-bond acceptors (Lipinski definition) is 4. The summed E-state index contributed by atoms with van der Waals surface area (Å²) in [7, 11) is 1.32. The summed E-state index contributed by atoms with van der Waals surface area (Å²) in [5, 5.41) is 2.90. The van der Waals surface area contributed by atoms with Gasteiger partial charge in [-0.3, -0.25) is 0 Å². The van der Waals surface area contributed by atoms with Crippen molar-refractivity contribution in [2.75, 3.05) is 13.7 Å². The number of carbonyl (C=O) groups is 1. The zero-order chi connectivity index (χ0) is 7.56. The van der Waals surface area contributed by atoms with Crippen LogP contribution in [0.4, 0.5) is 0 Å². The molecule has 10 heavy (non-hydrogen) atoms. The summed E-state index contributed by atoms with van der Waals surface area (Å²) in [6.07, 6.45) is 0. The van der Waals surface area contributed by atoms with Gasteiger partial charge in [-0.05, 0) is 12.2 Å². The Kier molecular flexibility index (Phi) is 2.06. The highest BCUT2D eigenvalue weighted by Crippen LogP contribution is 1.98. The molecule has 0 amide bonds. The van der Waals surface area contributed by atoms with E-state index in [1.807, 2.05) is 0 Å². The lowest BCUT2D eigenvalue weighted by Crippen LogP contribution is -2.35. The summed E-state index contributed by atoms with van der Waals surface area (Å²) in [6, 6.07) is -0.419. The zero-order valence-electron chi connectivity index (χ0n) is 5.42. The minimum atomic E-state index is -0.419. The standard InChI is InChI=1S/C5H7NO3S/c1-8-4(7)3-2-9-5(10)6-3/h3H,2H2,1H3,(H,6,10)/t3-/m0/s1. The lowest BCUT2D eigenvalue weighted by molar-refractivity contribution is -0.142. The summed E-state index contributed by atoms with van der Waals surface area (Å²) in [5.74, 6) is -0.347. The molecule has 1 rings (SSSR count). The Labute approximate surface area is 63.5 Å². The van der Waals surface area contributed by atoms with Crippen LogP contribution in [0.1, 0.15) is 0 Å². The van der Waals surface area contributed by atoms with Gasteiger partial charge < -0.3 is 14.8 Å². The number of esters is 1. The Morgan fingerprint density at radius 3 is 3.10 bits per heavy atom. The number of methoxy groups -OCH3 is 1. The number of carbonyl (C=O) groups excluding carboxylic acids is 1. The van der Waals surface area contributed by atoms with Crippen LogP contribution < -0.4 is 5.32 Å². The second-order valence-electron chi connectivity index (χ2n) is 1.82. The van der Waals surface area contributed by atoms with Gasteiger partial charge in [0.15, 0.2) is 6.04 Å². The average Bonchev–Trinajstić information content (AvgIpc) is 2.34. The van der Waals surface area contributed by atoms with Crippen LogP contribution >= 0.6 is 12.2 Å². The van der Waals surface area contributed by atoms with Crippen LogP contribution in [0.3, 0.4) is 0 Å². The maximum Gasteiger partial charge on any atom is 0.331 e. The summed E-state index contributed by atoms with van der Waals surface area (Å²) < 4.78 is 9.25. The third-order valence-corrected chi connectivity index (χ3v) is 1.39. The molecule has 0 saturated carbocycles. The number of ether oxygens (including phenoxy) is 2. The molecule has 0 bridgehead atoms. The van der Waals surface area contributed by atoms with E-state index in [2.05, 4.69) is 22.3 Å². The molecule has 1 N–H and O–H groups in total. The molecule has 1 saturated heterocycles. The van der Waals surface area contributed by atoms with E-state index in [0.717, 1.165) is 0 Å². The highest BCUT2D eigenvalue weighted by atomic mass is 32.1. The summed E-state index contributed by atoms with van der Waals surface area (Å²) in [6.45, 7) is 0.269. The molecule has 4 nitrogen and oxygen atoms in total. The molecule has 0 unspecified atom stereocenters. The molecule has 0 radical (unpaired) electrons. The maximum absolute atomic E-state index is 10.7. The van der Waals surface area contributed by atoms with Gasteiger partial charge in [-0.15, -0.1) is 0 Å². The molecule has 1 atom stereocenters. The molecule has 1 aliphatic rings. The smallest absolute Gasteiger partial charge is 0.331 e. The topological polar surface area (TPSA) is 47.6 Å². The molecule has 1 aliphatic heterocycles. The minimum Gasteiger partial charge on any atom is -0.468 e. The van der Waals surface area contributed by atoms with Gasteiger partial charge in [-0.1, -0.05) is 0 Å². The number of rotatable bonds is 1. The highest BCUT2D eigenvalue weighted by Gasteiger charge is 2.26. The fourth-order valence-electron chi connectivity index (χ4n) is 0.654. The van der Waals surface area contributed by atoms with Crippen LogP contribution in [0, 0.1) is 0 Å². The summed E-state index contributed by atoms with van der Waals surface area (Å²) in [4.78, 5) is 10.7. The van der Waals surface area contributed by atoms with Crippen molar-refractivity contribution in [3.8, 4) is 0 Å². The Balaban J connectivity index is 2.44. The van der Waals surface area contributed by atoms with Crippen LogP contribution in [-0.2, 0) is 14.3 Å². The Bertz CT molecular complexity index is 170. The summed E-state index contributed by atoms with van der Waals surface area (Å²) >= 11 is 4.62. The first-order chi connectivity index (χ1) is 4.74. The van der Waals surface area contributed by atoms with Gasteiger partial charge in [0.05, 0.1) is 7.11 Å². The normalized spacial score (nSPS) is 23.3. The van der Waals surface area contributed by atoms with E-state index in [1.54, 1.807) is 0 Å². The van der Waals surface area contributed by atoms with E-state index >= 15 is 0 Å². The third kappa shape index (κ3) is 1.36. The number of thiocarbonyl (C=S) groups is 1. The van der Waals surface area contributed by atoms with Crippen LogP contribution in [0.25, 0.3) is 0 Å². The fourth-order valence-corrected chi connectivity index (χ4v) is 0.864. The van der Waals surface area contributed by atoms with Crippen molar-refractivity contribution in [2.45, 2.75) is 6.04 Å². The van der Waals surface area contributed by atoms with Crippen molar-refractivity contribution in [1.82, 2.24) is 5.32 Å². The van der Waals surface area contributed by atoms with Crippen molar-refractivity contribution in [2.24, 2.45) is 0 Å². The first kappa shape index (κ1) is 7.27. The first-order valence-corrected chi connectivity index (χ1v) is 3.16. The first-order valence-electron chi connectivity index (χ1n) is 2.75. The molecule has 0 aromatic rings.